The van der Waals surface area contributed by atoms with E-state index in [1.807, 2.05) is 0 Å². The maximum atomic E-state index is 14.6. The molecule has 2 aliphatic rings. The Hall–Kier alpha value is -1.95. The van der Waals surface area contributed by atoms with Gasteiger partial charge in [0.1, 0.15) is 24.9 Å². The van der Waals surface area contributed by atoms with Gasteiger partial charge in [-0.25, -0.2) is 14.4 Å². The summed E-state index contributed by atoms with van der Waals surface area (Å²) in [4.78, 5) is 11.0. The number of fused-ring (bicyclic) bond motifs is 2. The highest BCUT2D eigenvalue weighted by molar-refractivity contribution is 9.10. The van der Waals surface area contributed by atoms with Crippen LogP contribution in [0.4, 0.5) is 15.9 Å². The van der Waals surface area contributed by atoms with Crippen molar-refractivity contribution in [1.82, 2.24) is 14.9 Å². The van der Waals surface area contributed by atoms with E-state index >= 15 is 0 Å². The summed E-state index contributed by atoms with van der Waals surface area (Å²) in [5.41, 5.74) is 0.818. The van der Waals surface area contributed by atoms with Crippen LogP contribution < -0.4 is 14.8 Å². The topological polar surface area (TPSA) is 78.0 Å². The Bertz CT molecular complexity index is 1210. The normalized spacial score (nSPS) is 20.1. The van der Waals surface area contributed by atoms with Crippen molar-refractivity contribution in [3.05, 3.63) is 45.9 Å². The van der Waals surface area contributed by atoms with Crippen LogP contribution in [0.5, 0.6) is 11.5 Å². The average molecular weight is 590 g/mol. The summed E-state index contributed by atoms with van der Waals surface area (Å²) in [5.74, 6) is 0.899. The van der Waals surface area contributed by atoms with Gasteiger partial charge in [0.05, 0.1) is 49.2 Å². The highest BCUT2D eigenvalue weighted by atomic mass is 79.9. The molecule has 0 spiro atoms. The molecular formula is C23H24BrCl2FN4O4. The molecule has 8 nitrogen and oxygen atoms in total. The molecule has 0 amide bonds. The number of aromatic nitrogens is 2. The number of ether oxygens (including phenoxy) is 4. The van der Waals surface area contributed by atoms with Gasteiger partial charge in [-0.1, -0.05) is 11.6 Å². The fourth-order valence-electron chi connectivity index (χ4n) is 4.11. The molecule has 3 heterocycles. The van der Waals surface area contributed by atoms with Crippen LogP contribution >= 0.6 is 39.9 Å². The van der Waals surface area contributed by atoms with E-state index in [-0.39, 0.29) is 29.2 Å². The lowest BCUT2D eigenvalue weighted by atomic mass is 10.1. The molecule has 0 saturated carbocycles. The molecule has 188 valence electrons. The molecular weight excluding hydrogens is 566 g/mol. The van der Waals surface area contributed by atoms with Crippen LogP contribution in [0, 0.1) is 5.82 Å². The summed E-state index contributed by atoms with van der Waals surface area (Å²) >= 11 is 9.24. The van der Waals surface area contributed by atoms with E-state index in [1.54, 1.807) is 31.4 Å². The van der Waals surface area contributed by atoms with Crippen LogP contribution in [-0.2, 0) is 9.47 Å². The van der Waals surface area contributed by atoms with Crippen LogP contribution in [-0.4, -0.2) is 73.6 Å². The second kappa shape index (κ2) is 11.4. The van der Waals surface area contributed by atoms with Gasteiger partial charge in [-0.15, -0.1) is 12.4 Å². The zero-order chi connectivity index (χ0) is 23.7. The summed E-state index contributed by atoms with van der Waals surface area (Å²) in [6.45, 7) is 4.15. The molecule has 12 heteroatoms. The number of nitrogens with zero attached hydrogens (tertiary/aromatic N) is 3. The summed E-state index contributed by atoms with van der Waals surface area (Å²) in [6, 6.07) is 7.11. The van der Waals surface area contributed by atoms with E-state index in [0.717, 1.165) is 19.7 Å². The third-order valence-corrected chi connectivity index (χ3v) is 7.20. The number of nitrogens with one attached hydrogen (secondary N) is 1. The molecule has 5 rings (SSSR count). The molecule has 2 atom stereocenters. The molecule has 1 N–H and O–H groups in total. The molecule has 0 unspecified atom stereocenters. The van der Waals surface area contributed by atoms with E-state index in [2.05, 4.69) is 36.1 Å². The number of hydrogen-bond acceptors (Lipinski definition) is 8. The second-order valence-corrected chi connectivity index (χ2v) is 9.31. The lowest BCUT2D eigenvalue weighted by Gasteiger charge is -2.41. The first-order valence-electron chi connectivity index (χ1n) is 10.8. The summed E-state index contributed by atoms with van der Waals surface area (Å²) in [6.07, 6.45) is 1.35. The van der Waals surface area contributed by atoms with Gasteiger partial charge in [0.2, 0.25) is 0 Å². The van der Waals surface area contributed by atoms with E-state index < -0.39 is 5.82 Å². The van der Waals surface area contributed by atoms with E-state index in [0.29, 0.717) is 58.6 Å². The Morgan fingerprint density at radius 3 is 2.94 bits per heavy atom. The number of halogens is 4. The number of benzene rings is 2. The summed E-state index contributed by atoms with van der Waals surface area (Å²) < 4.78 is 38.2. The number of methoxy groups -OCH3 is 1. The number of anilines is 2. The van der Waals surface area contributed by atoms with Gasteiger partial charge in [0, 0.05) is 29.0 Å². The van der Waals surface area contributed by atoms with E-state index in [9.17, 15) is 4.39 Å². The van der Waals surface area contributed by atoms with Gasteiger partial charge in [0.25, 0.3) is 0 Å². The molecule has 2 aliphatic heterocycles. The minimum absolute atomic E-state index is 0. The van der Waals surface area contributed by atoms with Crippen LogP contribution in [0.25, 0.3) is 10.9 Å². The Labute approximate surface area is 221 Å². The molecule has 0 aliphatic carbocycles. The fourth-order valence-corrected chi connectivity index (χ4v) is 4.58. The van der Waals surface area contributed by atoms with Gasteiger partial charge >= 0.3 is 0 Å². The largest absolute Gasteiger partial charge is 0.493 e. The van der Waals surface area contributed by atoms with Crippen molar-refractivity contribution in [2.24, 2.45) is 0 Å². The van der Waals surface area contributed by atoms with Crippen molar-refractivity contribution in [2.45, 2.75) is 12.1 Å². The fraction of sp³-hybridized carbons (Fsp3) is 0.391. The molecule has 2 aromatic carbocycles. The van der Waals surface area contributed by atoms with Crippen molar-refractivity contribution in [2.75, 3.05) is 51.9 Å². The standard InChI is InChI=1S/C23H23BrClFN4O4.ClH/c1-31-19-6-15-18(27-12-28-23(15)29-17-3-2-16(24)21(25)22(17)26)7-20(19)34-11-14-8-30-4-5-32-9-13(30)10-33-14;/h2-3,6-7,12-14H,4-5,8-11H2,1H3,(H,27,28,29);1H/t13-,14+;/m0./s1. The Morgan fingerprint density at radius 2 is 2.11 bits per heavy atom. The zero-order valence-corrected chi connectivity index (χ0v) is 22.0. The highest BCUT2D eigenvalue weighted by Gasteiger charge is 2.31. The number of hydrogen-bond donors (Lipinski definition) is 1. The van der Waals surface area contributed by atoms with Gasteiger partial charge < -0.3 is 24.3 Å². The zero-order valence-electron chi connectivity index (χ0n) is 18.8. The van der Waals surface area contributed by atoms with Crippen LogP contribution in [0.1, 0.15) is 0 Å². The van der Waals surface area contributed by atoms with Crippen molar-refractivity contribution in [1.29, 1.82) is 0 Å². The smallest absolute Gasteiger partial charge is 0.166 e. The molecule has 1 aromatic heterocycles. The predicted molar refractivity (Wildman–Crippen MR) is 137 cm³/mol. The van der Waals surface area contributed by atoms with Gasteiger partial charge in [0.15, 0.2) is 17.3 Å². The molecule has 2 fully saturated rings. The minimum atomic E-state index is -0.579. The van der Waals surface area contributed by atoms with Crippen LogP contribution in [0.15, 0.2) is 35.1 Å². The van der Waals surface area contributed by atoms with Crippen molar-refractivity contribution in [3.8, 4) is 11.5 Å². The van der Waals surface area contributed by atoms with Gasteiger partial charge in [-0.2, -0.15) is 0 Å². The highest BCUT2D eigenvalue weighted by Crippen LogP contribution is 2.36. The lowest BCUT2D eigenvalue weighted by molar-refractivity contribution is -0.124. The van der Waals surface area contributed by atoms with Crippen LogP contribution in [0.2, 0.25) is 5.02 Å². The van der Waals surface area contributed by atoms with Gasteiger partial charge in [-0.05, 0) is 34.1 Å². The number of rotatable bonds is 6. The summed E-state index contributed by atoms with van der Waals surface area (Å²) in [7, 11) is 1.56. The van der Waals surface area contributed by atoms with E-state index in [1.165, 1.54) is 6.33 Å². The summed E-state index contributed by atoms with van der Waals surface area (Å²) in [5, 5.41) is 3.64. The molecule has 3 aromatic rings. The first-order chi connectivity index (χ1) is 16.5. The number of morpholine rings is 2. The lowest BCUT2D eigenvalue weighted by Crippen LogP contribution is -2.56. The predicted octanol–water partition coefficient (Wildman–Crippen LogP) is 4.84. The van der Waals surface area contributed by atoms with Crippen molar-refractivity contribution < 1.29 is 23.3 Å². The minimum Gasteiger partial charge on any atom is -0.493 e. The third-order valence-electron chi connectivity index (χ3n) is 5.95. The SMILES string of the molecule is COc1cc2c(Nc3ccc(Br)c(Cl)c3F)ncnc2cc1OC[C@H]1CN2CCOC[C@H]2CO1.Cl. The quantitative estimate of drug-likeness (QED) is 0.409. The maximum absolute atomic E-state index is 14.6. The average Bonchev–Trinajstić information content (AvgIpc) is 2.87. The Morgan fingerprint density at radius 1 is 1.26 bits per heavy atom. The van der Waals surface area contributed by atoms with Gasteiger partial charge in [-0.3, -0.25) is 4.90 Å². The Balaban J connectivity index is 0.00000289. The first kappa shape index (κ1) is 26.1. The molecule has 0 bridgehead atoms. The first-order valence-corrected chi connectivity index (χ1v) is 12.0. The molecule has 35 heavy (non-hydrogen) atoms. The monoisotopic (exact) mass is 588 g/mol. The van der Waals surface area contributed by atoms with Crippen molar-refractivity contribution in [3.63, 3.8) is 0 Å². The molecule has 2 saturated heterocycles. The van der Waals surface area contributed by atoms with Crippen molar-refractivity contribution >= 4 is 62.3 Å². The third kappa shape index (κ3) is 5.58. The molecule has 0 radical (unpaired) electrons. The van der Waals surface area contributed by atoms with Crippen LogP contribution in [0.3, 0.4) is 0 Å². The second-order valence-electron chi connectivity index (χ2n) is 8.08. The Kier molecular flexibility index (Phi) is 8.51. The maximum Gasteiger partial charge on any atom is 0.166 e. The van der Waals surface area contributed by atoms with E-state index in [4.69, 9.17) is 30.5 Å².